The molecule has 4 aliphatic carbocycles. The van der Waals surface area contributed by atoms with Crippen molar-refractivity contribution in [3.63, 3.8) is 0 Å². The molecule has 0 bridgehead atoms. The van der Waals surface area contributed by atoms with Crippen molar-refractivity contribution in [2.24, 2.45) is 40.0 Å². The minimum Gasteiger partial charge on any atom is -0.349 e. The maximum atomic E-state index is 14.9. The highest BCUT2D eigenvalue weighted by Crippen LogP contribution is 2.65. The van der Waals surface area contributed by atoms with Crippen LogP contribution in [0, 0.1) is 35.0 Å². The lowest BCUT2D eigenvalue weighted by Gasteiger charge is -2.38. The Morgan fingerprint density at radius 2 is 1.46 bits per heavy atom. The summed E-state index contributed by atoms with van der Waals surface area (Å²) in [5.74, 6) is -2.94. The van der Waals surface area contributed by atoms with E-state index >= 15 is 0 Å². The maximum Gasteiger partial charge on any atom is 0.289 e. The Kier molecular flexibility index (Phi) is 14.3. The lowest BCUT2D eigenvalue weighted by Crippen LogP contribution is -2.62. The Morgan fingerprint density at radius 1 is 0.833 bits per heavy atom. The number of piperidine rings is 1. The quantitative estimate of drug-likeness (QED) is 0.126. The molecule has 5 amide bonds. The van der Waals surface area contributed by atoms with Crippen LogP contribution in [0.1, 0.15) is 124 Å². The molecule has 6 atom stereocenters. The van der Waals surface area contributed by atoms with E-state index in [-0.39, 0.29) is 46.6 Å². The first-order valence-electron chi connectivity index (χ1n) is 20.8. The van der Waals surface area contributed by atoms with Crippen molar-refractivity contribution >= 4 is 41.0 Å². The first kappa shape index (κ1) is 41.3. The molecule has 298 valence electrons. The van der Waals surface area contributed by atoms with Crippen molar-refractivity contribution in [2.75, 3.05) is 13.1 Å². The normalized spacial score (nSPS) is 26.1. The molecule has 0 aromatic heterocycles. The second-order valence-electron chi connectivity index (χ2n) is 17.0. The van der Waals surface area contributed by atoms with E-state index in [1.54, 1.807) is 17.9 Å². The summed E-state index contributed by atoms with van der Waals surface area (Å²) in [6.45, 7) is 12.4. The van der Waals surface area contributed by atoms with Gasteiger partial charge >= 0.3 is 0 Å². The smallest absolute Gasteiger partial charge is 0.289 e. The summed E-state index contributed by atoms with van der Waals surface area (Å²) >= 11 is 0. The number of Topliss-reactive ketones (excluding diaryl/α,β-unsaturated/α-hetero) is 1. The summed E-state index contributed by atoms with van der Waals surface area (Å²) in [5.41, 5.74) is -0.0754. The van der Waals surface area contributed by atoms with Crippen LogP contribution >= 0.6 is 0 Å². The average Bonchev–Trinajstić information content (AvgIpc) is 3.45. The summed E-state index contributed by atoms with van der Waals surface area (Å²) in [5, 5.41) is 11.7. The second kappa shape index (κ2) is 18.7. The largest absolute Gasteiger partial charge is 0.349 e. The van der Waals surface area contributed by atoms with Crippen molar-refractivity contribution in [3.8, 4) is 0 Å². The van der Waals surface area contributed by atoms with Crippen LogP contribution in [0.25, 0.3) is 0 Å². The first-order chi connectivity index (χ1) is 25.9. The number of amides is 5. The first-order valence-corrected chi connectivity index (χ1v) is 20.8. The molecule has 0 aromatic carbocycles. The number of rotatable bonds is 17. The average molecular weight is 749 g/mol. The van der Waals surface area contributed by atoms with Crippen LogP contribution in [-0.4, -0.2) is 83.2 Å². The third kappa shape index (κ3) is 9.51. The standard InChI is InChI=1S/C42H64N6O6/c1-6-22-43-30(8-3)37(50)46-33(27-18-11-9-12-19-27)38(51)47-34(28-20-13-10-14-21-28)41(54)48-25-29-32(42(29,4)5)35(48)39(52)45-31(24-26-16-15-17-26)36(49)40(53)44-23-7-2/h6,8,22,26-29,31-35H,3,7,9-21,23-25H2,1-2,4-5H3,(H,44,53)(H,45,52)(H,46,50)(H,47,51)/b22-6-,43-30+/t29-,31?,32-,33-,34-,35-/m0/s1. The van der Waals surface area contributed by atoms with Crippen molar-refractivity contribution < 1.29 is 28.8 Å². The summed E-state index contributed by atoms with van der Waals surface area (Å²) in [6.07, 6.45) is 17.6. The molecular formula is C42H64N6O6. The fourth-order valence-corrected chi connectivity index (χ4v) is 9.56. The molecule has 5 aliphatic rings. The van der Waals surface area contributed by atoms with Crippen LogP contribution < -0.4 is 21.3 Å². The van der Waals surface area contributed by atoms with Gasteiger partial charge in [-0.25, -0.2) is 0 Å². The Bertz CT molecular complexity index is 1470. The van der Waals surface area contributed by atoms with Gasteiger partial charge in [-0.2, -0.15) is 0 Å². The van der Waals surface area contributed by atoms with Crippen LogP contribution in [0.15, 0.2) is 29.9 Å². The van der Waals surface area contributed by atoms with Crippen LogP contribution in [0.5, 0.6) is 0 Å². The molecule has 4 N–H and O–H groups in total. The lowest BCUT2D eigenvalue weighted by atomic mass is 9.80. The molecule has 1 unspecified atom stereocenters. The molecule has 0 aromatic rings. The van der Waals surface area contributed by atoms with Gasteiger partial charge < -0.3 is 26.2 Å². The Labute approximate surface area is 321 Å². The number of carbonyl (C=O) groups excluding carboxylic acids is 6. The number of allylic oxidation sites excluding steroid dienone is 1. The van der Waals surface area contributed by atoms with Crippen molar-refractivity contribution in [1.29, 1.82) is 0 Å². The van der Waals surface area contributed by atoms with Crippen molar-refractivity contribution in [3.05, 3.63) is 24.9 Å². The van der Waals surface area contributed by atoms with E-state index < -0.39 is 53.6 Å². The van der Waals surface area contributed by atoms with Gasteiger partial charge in [0.2, 0.25) is 23.5 Å². The van der Waals surface area contributed by atoms with E-state index in [0.29, 0.717) is 25.9 Å². The third-order valence-electron chi connectivity index (χ3n) is 13.1. The number of hydrogen-bond donors (Lipinski definition) is 4. The van der Waals surface area contributed by atoms with Crippen molar-refractivity contribution in [1.82, 2.24) is 26.2 Å². The van der Waals surface area contributed by atoms with Gasteiger partial charge in [-0.05, 0) is 86.5 Å². The molecule has 12 nitrogen and oxygen atoms in total. The Balaban J connectivity index is 1.40. The predicted molar refractivity (Wildman–Crippen MR) is 208 cm³/mol. The third-order valence-corrected chi connectivity index (χ3v) is 13.1. The van der Waals surface area contributed by atoms with Gasteiger partial charge in [0, 0.05) is 19.3 Å². The summed E-state index contributed by atoms with van der Waals surface area (Å²) in [7, 11) is 0. The number of ketones is 1. The number of fused-ring (bicyclic) bond motifs is 1. The molecule has 5 rings (SSSR count). The molecular weight excluding hydrogens is 684 g/mol. The fourth-order valence-electron chi connectivity index (χ4n) is 9.56. The van der Waals surface area contributed by atoms with Crippen LogP contribution in [0.3, 0.4) is 0 Å². The number of nitrogens with zero attached hydrogens (tertiary/aromatic N) is 2. The molecule has 12 heteroatoms. The maximum absolute atomic E-state index is 14.9. The molecule has 1 saturated heterocycles. The van der Waals surface area contributed by atoms with E-state index in [1.165, 1.54) is 12.3 Å². The molecule has 5 fully saturated rings. The number of hydrogen-bond acceptors (Lipinski definition) is 7. The van der Waals surface area contributed by atoms with Gasteiger partial charge in [0.05, 0.1) is 6.04 Å². The van der Waals surface area contributed by atoms with E-state index in [0.717, 1.165) is 83.5 Å². The number of aliphatic imine (C=N–C) groups is 1. The number of likely N-dealkylation sites (tertiary alicyclic amines) is 1. The van der Waals surface area contributed by atoms with Crippen molar-refractivity contribution in [2.45, 2.75) is 148 Å². The van der Waals surface area contributed by atoms with Gasteiger partial charge in [0.1, 0.15) is 23.8 Å². The second-order valence-corrected chi connectivity index (χ2v) is 17.0. The topological polar surface area (TPSA) is 166 Å². The zero-order valence-electron chi connectivity index (χ0n) is 33.0. The minimum absolute atomic E-state index is 0.0941. The van der Waals surface area contributed by atoms with Gasteiger partial charge in [0.15, 0.2) is 0 Å². The van der Waals surface area contributed by atoms with Gasteiger partial charge in [-0.15, -0.1) is 0 Å². The molecule has 0 spiro atoms. The zero-order valence-corrected chi connectivity index (χ0v) is 33.0. The summed E-state index contributed by atoms with van der Waals surface area (Å²) in [6, 6.07) is -3.54. The van der Waals surface area contributed by atoms with Gasteiger partial charge in [-0.3, -0.25) is 33.8 Å². The monoisotopic (exact) mass is 748 g/mol. The summed E-state index contributed by atoms with van der Waals surface area (Å²) in [4.78, 5) is 89.3. The number of carbonyl (C=O) groups is 6. The lowest BCUT2D eigenvalue weighted by molar-refractivity contribution is -0.146. The highest BCUT2D eigenvalue weighted by atomic mass is 16.2. The minimum atomic E-state index is -0.969. The SMILES string of the molecule is C=C/C(=N\C=C/C)C(=O)N[C@H](C(=O)N[C@H](C(=O)N1C[C@H]2[C@@H]([C@H]1C(=O)NC(CC1CCC1)C(=O)C(=O)NCCC)C2(C)C)C1CCCCC1)C1CCCCC1. The van der Waals surface area contributed by atoms with Gasteiger partial charge in [0.25, 0.3) is 11.8 Å². The Hall–Kier alpha value is -3.83. The Morgan fingerprint density at radius 3 is 2.02 bits per heavy atom. The van der Waals surface area contributed by atoms with Crippen LogP contribution in [-0.2, 0) is 28.8 Å². The molecule has 4 saturated carbocycles. The highest BCUT2D eigenvalue weighted by molar-refractivity contribution is 6.43. The highest BCUT2D eigenvalue weighted by Gasteiger charge is 2.70. The molecule has 1 heterocycles. The number of nitrogens with one attached hydrogen (secondary N) is 4. The zero-order chi connectivity index (χ0) is 39.0. The molecule has 54 heavy (non-hydrogen) atoms. The van der Waals surface area contributed by atoms with E-state index in [9.17, 15) is 28.8 Å². The van der Waals surface area contributed by atoms with E-state index in [4.69, 9.17) is 0 Å². The van der Waals surface area contributed by atoms with E-state index in [2.05, 4.69) is 46.7 Å². The fraction of sp³-hybridized carbons (Fsp3) is 0.738. The van der Waals surface area contributed by atoms with Gasteiger partial charge in [-0.1, -0.05) is 91.2 Å². The molecule has 1 aliphatic heterocycles. The molecule has 0 radical (unpaired) electrons. The van der Waals surface area contributed by atoms with Crippen LogP contribution in [0.2, 0.25) is 0 Å². The van der Waals surface area contributed by atoms with Crippen LogP contribution in [0.4, 0.5) is 0 Å². The summed E-state index contributed by atoms with van der Waals surface area (Å²) < 4.78 is 0. The predicted octanol–water partition coefficient (Wildman–Crippen LogP) is 4.53. The van der Waals surface area contributed by atoms with E-state index in [1.807, 2.05) is 6.92 Å².